The molecule has 0 radical (unpaired) electrons. The SMILES string of the molecule is O=c1[nH]c2nnc(SCc3ccc(C(F)(F)F)cc3)n2c2c1CCCC2. The molecule has 0 aliphatic heterocycles. The van der Waals surface area contributed by atoms with Crippen LogP contribution in [-0.4, -0.2) is 19.6 Å². The van der Waals surface area contributed by atoms with Crippen LogP contribution in [0.2, 0.25) is 0 Å². The zero-order valence-electron chi connectivity index (χ0n) is 13.6. The van der Waals surface area contributed by atoms with Crippen LogP contribution in [0, 0.1) is 0 Å². The summed E-state index contributed by atoms with van der Waals surface area (Å²) >= 11 is 1.39. The summed E-state index contributed by atoms with van der Waals surface area (Å²) in [6.07, 6.45) is -0.812. The molecular weight excluding hydrogens is 365 g/mol. The van der Waals surface area contributed by atoms with Crippen LogP contribution in [0.5, 0.6) is 0 Å². The van der Waals surface area contributed by atoms with Crippen LogP contribution in [0.4, 0.5) is 13.2 Å². The van der Waals surface area contributed by atoms with Gasteiger partial charge >= 0.3 is 6.18 Å². The van der Waals surface area contributed by atoms with Crippen LogP contribution in [0.3, 0.4) is 0 Å². The predicted molar refractivity (Wildman–Crippen MR) is 91.3 cm³/mol. The van der Waals surface area contributed by atoms with Gasteiger partial charge in [0.15, 0.2) is 5.16 Å². The van der Waals surface area contributed by atoms with Crippen LogP contribution in [0.1, 0.15) is 35.2 Å². The highest BCUT2D eigenvalue weighted by Crippen LogP contribution is 2.30. The van der Waals surface area contributed by atoms with Gasteiger partial charge in [0.05, 0.1) is 5.56 Å². The molecule has 5 nitrogen and oxygen atoms in total. The first-order valence-corrected chi connectivity index (χ1v) is 9.20. The average molecular weight is 380 g/mol. The molecule has 2 heterocycles. The van der Waals surface area contributed by atoms with Crippen molar-refractivity contribution in [3.8, 4) is 0 Å². The van der Waals surface area contributed by atoms with E-state index in [1.165, 1.54) is 23.9 Å². The summed E-state index contributed by atoms with van der Waals surface area (Å²) in [5, 5.41) is 8.81. The molecule has 1 aliphatic rings. The van der Waals surface area contributed by atoms with Crippen molar-refractivity contribution in [1.82, 2.24) is 19.6 Å². The molecular formula is C17H15F3N4OS. The first-order chi connectivity index (χ1) is 12.4. The lowest BCUT2D eigenvalue weighted by Gasteiger charge is -2.16. The third kappa shape index (κ3) is 3.11. The zero-order chi connectivity index (χ0) is 18.3. The number of aromatic amines is 1. The second-order valence-electron chi connectivity index (χ2n) is 6.21. The van der Waals surface area contributed by atoms with Gasteiger partial charge in [0.2, 0.25) is 5.78 Å². The Labute approximate surface area is 150 Å². The maximum absolute atomic E-state index is 12.6. The van der Waals surface area contributed by atoms with E-state index < -0.39 is 11.7 Å². The number of halogens is 3. The molecule has 1 aliphatic carbocycles. The second-order valence-corrected chi connectivity index (χ2v) is 7.15. The standard InChI is InChI=1S/C17H15F3N4OS/c18-17(19,20)11-7-5-10(6-8-11)9-26-16-23-22-15-21-14(25)12-3-1-2-4-13(12)24(15)16/h5-8H,1-4,9H2,(H,21,22,25). The zero-order valence-corrected chi connectivity index (χ0v) is 14.5. The van der Waals surface area contributed by atoms with E-state index in [9.17, 15) is 18.0 Å². The van der Waals surface area contributed by atoms with Crippen LogP contribution in [-0.2, 0) is 24.8 Å². The monoisotopic (exact) mass is 380 g/mol. The summed E-state index contributed by atoms with van der Waals surface area (Å²) in [5.74, 6) is 0.873. The number of rotatable bonds is 3. The fourth-order valence-corrected chi connectivity index (χ4v) is 4.10. The van der Waals surface area contributed by atoms with Crippen molar-refractivity contribution in [3.63, 3.8) is 0 Å². The highest BCUT2D eigenvalue weighted by atomic mass is 32.2. The molecule has 0 amide bonds. The lowest BCUT2D eigenvalue weighted by atomic mass is 9.97. The molecule has 9 heteroatoms. The Morgan fingerprint density at radius 2 is 1.85 bits per heavy atom. The van der Waals surface area contributed by atoms with Gasteiger partial charge in [-0.3, -0.25) is 14.2 Å². The van der Waals surface area contributed by atoms with E-state index in [1.807, 2.05) is 4.40 Å². The van der Waals surface area contributed by atoms with Crippen LogP contribution in [0.25, 0.3) is 5.78 Å². The van der Waals surface area contributed by atoms with E-state index in [0.717, 1.165) is 54.6 Å². The van der Waals surface area contributed by atoms with Gasteiger partial charge in [0, 0.05) is 17.0 Å². The van der Waals surface area contributed by atoms with E-state index >= 15 is 0 Å². The Kier molecular flexibility index (Phi) is 4.26. The summed E-state index contributed by atoms with van der Waals surface area (Å²) in [5.41, 5.74) is 1.71. The molecule has 2 aromatic heterocycles. The Hall–Kier alpha value is -2.29. The molecule has 0 saturated heterocycles. The molecule has 136 valence electrons. The van der Waals surface area contributed by atoms with E-state index in [4.69, 9.17) is 0 Å². The van der Waals surface area contributed by atoms with Gasteiger partial charge in [-0.25, -0.2) is 0 Å². The molecule has 1 N–H and O–H groups in total. The minimum absolute atomic E-state index is 0.112. The lowest BCUT2D eigenvalue weighted by Crippen LogP contribution is -2.22. The average Bonchev–Trinajstić information content (AvgIpc) is 3.03. The number of hydrogen-bond donors (Lipinski definition) is 1. The fraction of sp³-hybridized carbons (Fsp3) is 0.353. The fourth-order valence-electron chi connectivity index (χ4n) is 3.18. The third-order valence-corrected chi connectivity index (χ3v) is 5.49. The van der Waals surface area contributed by atoms with Crippen molar-refractivity contribution < 1.29 is 13.2 Å². The van der Waals surface area contributed by atoms with E-state index in [-0.39, 0.29) is 5.56 Å². The first-order valence-electron chi connectivity index (χ1n) is 8.21. The van der Waals surface area contributed by atoms with Gasteiger partial charge in [-0.1, -0.05) is 23.9 Å². The quantitative estimate of drug-likeness (QED) is 0.705. The summed E-state index contributed by atoms with van der Waals surface area (Å²) in [7, 11) is 0. The highest BCUT2D eigenvalue weighted by molar-refractivity contribution is 7.98. The number of thioether (sulfide) groups is 1. The minimum Gasteiger partial charge on any atom is -0.290 e. The topological polar surface area (TPSA) is 63.0 Å². The smallest absolute Gasteiger partial charge is 0.290 e. The molecule has 4 rings (SSSR count). The van der Waals surface area contributed by atoms with Gasteiger partial charge in [-0.15, -0.1) is 10.2 Å². The number of fused-ring (bicyclic) bond motifs is 3. The number of aromatic nitrogens is 4. The molecule has 0 spiro atoms. The number of nitrogens with one attached hydrogen (secondary N) is 1. The van der Waals surface area contributed by atoms with Gasteiger partial charge in [0.1, 0.15) is 0 Å². The van der Waals surface area contributed by atoms with Gasteiger partial charge in [0.25, 0.3) is 5.56 Å². The largest absolute Gasteiger partial charge is 0.416 e. The molecule has 1 aromatic carbocycles. The van der Waals surface area contributed by atoms with E-state index in [2.05, 4.69) is 15.2 Å². The molecule has 26 heavy (non-hydrogen) atoms. The Bertz CT molecular complexity index is 1010. The predicted octanol–water partition coefficient (Wildman–Crippen LogP) is 3.61. The maximum atomic E-state index is 12.6. The van der Waals surface area contributed by atoms with Crippen LogP contribution >= 0.6 is 11.8 Å². The maximum Gasteiger partial charge on any atom is 0.416 e. The van der Waals surface area contributed by atoms with E-state index in [1.54, 1.807) is 0 Å². The number of benzene rings is 1. The van der Waals surface area contributed by atoms with Gasteiger partial charge < -0.3 is 0 Å². The van der Waals surface area contributed by atoms with E-state index in [0.29, 0.717) is 16.7 Å². The van der Waals surface area contributed by atoms with Crippen molar-refractivity contribution in [1.29, 1.82) is 0 Å². The van der Waals surface area contributed by atoms with Crippen molar-refractivity contribution >= 4 is 17.5 Å². The molecule has 0 atom stereocenters. The van der Waals surface area contributed by atoms with Gasteiger partial charge in [-0.05, 0) is 43.4 Å². The Balaban J connectivity index is 1.61. The summed E-state index contributed by atoms with van der Waals surface area (Å²) in [4.78, 5) is 14.9. The molecule has 0 unspecified atom stereocenters. The number of hydrogen-bond acceptors (Lipinski definition) is 4. The molecule has 0 saturated carbocycles. The van der Waals surface area contributed by atoms with Crippen molar-refractivity contribution in [2.75, 3.05) is 0 Å². The number of nitrogens with zero attached hydrogens (tertiary/aromatic N) is 3. The number of aryl methyl sites for hydroxylation is 1. The molecule has 3 aromatic rings. The minimum atomic E-state index is -4.33. The lowest BCUT2D eigenvalue weighted by molar-refractivity contribution is -0.137. The summed E-state index contributed by atoms with van der Waals surface area (Å²) in [6.45, 7) is 0. The number of H-pyrrole nitrogens is 1. The third-order valence-electron chi connectivity index (χ3n) is 4.49. The summed E-state index contributed by atoms with van der Waals surface area (Å²) in [6, 6.07) is 5.10. The highest BCUT2D eigenvalue weighted by Gasteiger charge is 2.30. The van der Waals surface area contributed by atoms with Crippen molar-refractivity contribution in [2.24, 2.45) is 0 Å². The summed E-state index contributed by atoms with van der Waals surface area (Å²) < 4.78 is 39.8. The second kappa shape index (κ2) is 6.46. The Morgan fingerprint density at radius 3 is 2.58 bits per heavy atom. The van der Waals surface area contributed by atoms with Crippen LogP contribution in [0.15, 0.2) is 34.2 Å². The van der Waals surface area contributed by atoms with Gasteiger partial charge in [-0.2, -0.15) is 13.2 Å². The first kappa shape index (κ1) is 17.1. The van der Waals surface area contributed by atoms with Crippen LogP contribution < -0.4 is 5.56 Å². The molecule has 0 bridgehead atoms. The van der Waals surface area contributed by atoms with Crippen molar-refractivity contribution in [3.05, 3.63) is 57.0 Å². The van der Waals surface area contributed by atoms with Crippen molar-refractivity contribution in [2.45, 2.75) is 42.8 Å². The normalized spacial score (nSPS) is 14.6. The number of alkyl halides is 3. The molecule has 0 fully saturated rings. The Morgan fingerprint density at radius 1 is 1.12 bits per heavy atom.